The first-order valence-corrected chi connectivity index (χ1v) is 9.66. The maximum atomic E-state index is 12.8. The average molecular weight is 392 g/mol. The molecule has 0 saturated carbocycles. The lowest BCUT2D eigenvalue weighted by molar-refractivity contribution is 0.0945. The van der Waals surface area contributed by atoms with Gasteiger partial charge in [0.15, 0.2) is 5.58 Å². The van der Waals surface area contributed by atoms with E-state index in [4.69, 9.17) is 13.9 Å². The third-order valence-electron chi connectivity index (χ3n) is 5.15. The lowest BCUT2D eigenvalue weighted by atomic mass is 10.1. The average Bonchev–Trinajstić information content (AvgIpc) is 3.29. The normalized spacial score (nSPS) is 11.1. The number of hydrogen-bond acceptors (Lipinski definition) is 4. The molecule has 0 aliphatic rings. The second-order valence-electron chi connectivity index (χ2n) is 6.77. The molecular weight excluding hydrogens is 368 g/mol. The fourth-order valence-corrected chi connectivity index (χ4v) is 3.73. The summed E-state index contributed by atoms with van der Waals surface area (Å²) in [6, 6.07) is 15.4. The number of amides is 1. The van der Waals surface area contributed by atoms with Gasteiger partial charge in [0, 0.05) is 30.6 Å². The quantitative estimate of drug-likeness (QED) is 0.506. The van der Waals surface area contributed by atoms with Gasteiger partial charge < -0.3 is 23.8 Å². The lowest BCUT2D eigenvalue weighted by Crippen LogP contribution is -2.27. The van der Waals surface area contributed by atoms with Crippen LogP contribution in [0.15, 0.2) is 52.9 Å². The molecule has 0 radical (unpaired) electrons. The summed E-state index contributed by atoms with van der Waals surface area (Å²) in [7, 11) is 3.25. The molecule has 4 rings (SSSR count). The summed E-state index contributed by atoms with van der Waals surface area (Å²) in [6.07, 6.45) is 0.658. The Kier molecular flexibility index (Phi) is 5.16. The Bertz CT molecular complexity index is 1170. The zero-order valence-electron chi connectivity index (χ0n) is 16.8. The smallest absolute Gasteiger partial charge is 0.268 e. The molecule has 2 aromatic carbocycles. The van der Waals surface area contributed by atoms with Crippen molar-refractivity contribution >= 4 is 28.0 Å². The van der Waals surface area contributed by atoms with Gasteiger partial charge in [-0.15, -0.1) is 0 Å². The molecule has 0 bridgehead atoms. The summed E-state index contributed by atoms with van der Waals surface area (Å²) in [4.78, 5) is 12.8. The Morgan fingerprint density at radius 3 is 2.66 bits per heavy atom. The van der Waals surface area contributed by atoms with E-state index in [-0.39, 0.29) is 5.91 Å². The fourth-order valence-electron chi connectivity index (χ4n) is 3.73. The van der Waals surface area contributed by atoms with Crippen molar-refractivity contribution in [2.75, 3.05) is 20.8 Å². The molecule has 29 heavy (non-hydrogen) atoms. The predicted octanol–water partition coefficient (Wildman–Crippen LogP) is 4.40. The number of benzene rings is 2. The van der Waals surface area contributed by atoms with Gasteiger partial charge in [-0.1, -0.05) is 18.2 Å². The minimum Gasteiger partial charge on any atom is -0.497 e. The Labute approximate surface area is 169 Å². The summed E-state index contributed by atoms with van der Waals surface area (Å²) in [5.74, 6) is 1.37. The highest BCUT2D eigenvalue weighted by atomic mass is 16.5. The topological polar surface area (TPSA) is 65.6 Å². The second-order valence-corrected chi connectivity index (χ2v) is 6.77. The van der Waals surface area contributed by atoms with Crippen LogP contribution >= 0.6 is 0 Å². The number of aryl methyl sites for hydroxylation is 1. The van der Waals surface area contributed by atoms with Gasteiger partial charge in [-0.2, -0.15) is 0 Å². The third-order valence-corrected chi connectivity index (χ3v) is 5.15. The van der Waals surface area contributed by atoms with Crippen molar-refractivity contribution in [3.05, 3.63) is 59.8 Å². The van der Waals surface area contributed by atoms with E-state index in [1.165, 1.54) is 0 Å². The Morgan fingerprint density at radius 2 is 1.90 bits per heavy atom. The van der Waals surface area contributed by atoms with E-state index >= 15 is 0 Å². The van der Waals surface area contributed by atoms with E-state index in [9.17, 15) is 4.79 Å². The van der Waals surface area contributed by atoms with Crippen LogP contribution in [0.2, 0.25) is 0 Å². The minimum atomic E-state index is -0.116. The highest BCUT2D eigenvalue weighted by molar-refractivity contribution is 6.07. The monoisotopic (exact) mass is 392 g/mol. The van der Waals surface area contributed by atoms with Crippen LogP contribution in [0.4, 0.5) is 0 Å². The number of nitrogens with one attached hydrogen (secondary N) is 1. The minimum absolute atomic E-state index is 0.116. The zero-order valence-corrected chi connectivity index (χ0v) is 16.8. The van der Waals surface area contributed by atoms with Gasteiger partial charge in [0.25, 0.3) is 5.91 Å². The van der Waals surface area contributed by atoms with Gasteiger partial charge in [-0.3, -0.25) is 4.79 Å². The number of para-hydroxylation sites is 1. The van der Waals surface area contributed by atoms with E-state index in [0.29, 0.717) is 25.2 Å². The number of carbonyl (C=O) groups is 1. The largest absolute Gasteiger partial charge is 0.497 e. The van der Waals surface area contributed by atoms with Gasteiger partial charge in [0.1, 0.15) is 22.8 Å². The molecule has 0 saturated heterocycles. The highest BCUT2D eigenvalue weighted by Gasteiger charge is 2.19. The van der Waals surface area contributed by atoms with Crippen LogP contribution in [-0.4, -0.2) is 31.2 Å². The summed E-state index contributed by atoms with van der Waals surface area (Å²) in [5.41, 5.74) is 4.14. The molecule has 1 amide bonds. The number of nitrogens with zero attached hydrogens (tertiary/aromatic N) is 1. The van der Waals surface area contributed by atoms with Crippen molar-refractivity contribution in [3.63, 3.8) is 0 Å². The Morgan fingerprint density at radius 1 is 1.07 bits per heavy atom. The number of hydrogen-bond donors (Lipinski definition) is 1. The van der Waals surface area contributed by atoms with E-state index in [0.717, 1.165) is 39.1 Å². The number of ether oxygens (including phenoxy) is 2. The maximum absolute atomic E-state index is 12.8. The number of rotatable bonds is 7. The summed E-state index contributed by atoms with van der Waals surface area (Å²) < 4.78 is 18.6. The van der Waals surface area contributed by atoms with Crippen molar-refractivity contribution in [3.8, 4) is 11.5 Å². The molecule has 1 N–H and O–H groups in total. The number of methoxy groups -OCH3 is 2. The zero-order chi connectivity index (χ0) is 20.4. The van der Waals surface area contributed by atoms with Crippen LogP contribution in [0.1, 0.15) is 23.0 Å². The van der Waals surface area contributed by atoms with Crippen LogP contribution in [0.25, 0.3) is 22.1 Å². The molecule has 0 aliphatic heterocycles. The molecule has 0 unspecified atom stereocenters. The number of carbonyl (C=O) groups excluding carboxylic acids is 1. The third kappa shape index (κ3) is 3.42. The molecule has 2 heterocycles. The van der Waals surface area contributed by atoms with Gasteiger partial charge in [-0.25, -0.2) is 0 Å². The van der Waals surface area contributed by atoms with E-state index in [1.54, 1.807) is 14.2 Å². The van der Waals surface area contributed by atoms with E-state index < -0.39 is 0 Å². The Balaban J connectivity index is 1.52. The molecule has 0 atom stereocenters. The van der Waals surface area contributed by atoms with Gasteiger partial charge >= 0.3 is 0 Å². The molecule has 2 aromatic heterocycles. The molecule has 0 spiro atoms. The van der Waals surface area contributed by atoms with E-state index in [2.05, 4.69) is 5.32 Å². The highest BCUT2D eigenvalue weighted by Crippen LogP contribution is 2.31. The summed E-state index contributed by atoms with van der Waals surface area (Å²) >= 11 is 0. The molecule has 0 fully saturated rings. The Hall–Kier alpha value is -3.41. The second kappa shape index (κ2) is 7.91. The number of fused-ring (bicyclic) bond motifs is 3. The van der Waals surface area contributed by atoms with Crippen LogP contribution < -0.4 is 14.8 Å². The van der Waals surface area contributed by atoms with Crippen LogP contribution in [0.3, 0.4) is 0 Å². The SMILES string of the molecule is CCn1c(C(=O)NCCc2ccc(OC)cc2OC)cc2oc3ccccc3c21. The van der Waals surface area contributed by atoms with Crippen molar-refractivity contribution in [1.82, 2.24) is 9.88 Å². The first-order valence-electron chi connectivity index (χ1n) is 9.66. The predicted molar refractivity (Wildman–Crippen MR) is 113 cm³/mol. The molecular formula is C23H24N2O4. The van der Waals surface area contributed by atoms with Crippen molar-refractivity contribution in [2.24, 2.45) is 0 Å². The van der Waals surface area contributed by atoms with Crippen molar-refractivity contribution in [2.45, 2.75) is 19.9 Å². The number of aromatic nitrogens is 1. The molecule has 150 valence electrons. The summed E-state index contributed by atoms with van der Waals surface area (Å²) in [6.45, 7) is 3.21. The first kappa shape index (κ1) is 18.9. The van der Waals surface area contributed by atoms with Gasteiger partial charge in [0.2, 0.25) is 0 Å². The van der Waals surface area contributed by atoms with Crippen molar-refractivity contribution < 1.29 is 18.7 Å². The molecule has 6 nitrogen and oxygen atoms in total. The standard InChI is InChI=1S/C23H24N2O4/c1-4-25-18(14-21-22(25)17-7-5-6-8-19(17)29-21)23(26)24-12-11-15-9-10-16(27-2)13-20(15)28-3/h5-10,13-14H,4,11-12H2,1-3H3,(H,24,26). The first-order chi connectivity index (χ1) is 14.2. The lowest BCUT2D eigenvalue weighted by Gasteiger charge is -2.12. The van der Waals surface area contributed by atoms with Crippen LogP contribution in [0.5, 0.6) is 11.5 Å². The molecule has 6 heteroatoms. The van der Waals surface area contributed by atoms with E-state index in [1.807, 2.05) is 60.0 Å². The maximum Gasteiger partial charge on any atom is 0.268 e. The number of furan rings is 1. The van der Waals surface area contributed by atoms with Gasteiger partial charge in [-0.05, 0) is 37.1 Å². The van der Waals surface area contributed by atoms with Gasteiger partial charge in [0.05, 0.1) is 19.7 Å². The van der Waals surface area contributed by atoms with Crippen LogP contribution in [-0.2, 0) is 13.0 Å². The summed E-state index contributed by atoms with van der Waals surface area (Å²) in [5, 5.41) is 4.03. The van der Waals surface area contributed by atoms with Crippen LogP contribution in [0, 0.1) is 0 Å². The molecule has 4 aromatic rings. The fraction of sp³-hybridized carbons (Fsp3) is 0.261. The van der Waals surface area contributed by atoms with Crippen molar-refractivity contribution in [1.29, 1.82) is 0 Å². The molecule has 0 aliphatic carbocycles.